The van der Waals surface area contributed by atoms with Gasteiger partial charge in [-0.1, -0.05) is 146 Å². The van der Waals surface area contributed by atoms with Crippen LogP contribution in [0, 0.1) is 0 Å². The van der Waals surface area contributed by atoms with Crippen LogP contribution in [0.2, 0.25) is 0 Å². The Labute approximate surface area is 264 Å². The summed E-state index contributed by atoms with van der Waals surface area (Å²) in [4.78, 5) is 8.21. The SMILES string of the molecule is c1ccc2c(c1)-c1ccccc1C2N1CN(C2c3ccccc3-c3ccccc32)CN(C2c3ccccc3-c3ccccc32)C1. The van der Waals surface area contributed by atoms with E-state index >= 15 is 0 Å². The van der Waals surface area contributed by atoms with Gasteiger partial charge < -0.3 is 0 Å². The maximum Gasteiger partial charge on any atom is 0.0637 e. The van der Waals surface area contributed by atoms with Crippen molar-refractivity contribution in [3.8, 4) is 33.4 Å². The van der Waals surface area contributed by atoms with Crippen LogP contribution in [-0.4, -0.2) is 34.7 Å². The van der Waals surface area contributed by atoms with Crippen LogP contribution in [0.4, 0.5) is 0 Å². The number of hydrogen-bond acceptors (Lipinski definition) is 3. The van der Waals surface area contributed by atoms with Gasteiger partial charge in [0.1, 0.15) is 0 Å². The first-order valence-electron chi connectivity index (χ1n) is 16.1. The van der Waals surface area contributed by atoms with Crippen molar-refractivity contribution in [1.29, 1.82) is 0 Å². The van der Waals surface area contributed by atoms with Gasteiger partial charge in [0.05, 0.1) is 38.1 Å². The summed E-state index contributed by atoms with van der Waals surface area (Å²) < 4.78 is 0. The average molecular weight is 580 g/mol. The minimum Gasteiger partial charge on any atom is -0.266 e. The van der Waals surface area contributed by atoms with Gasteiger partial charge in [-0.15, -0.1) is 0 Å². The summed E-state index contributed by atoms with van der Waals surface area (Å²) in [5.74, 6) is 0. The summed E-state index contributed by atoms with van der Waals surface area (Å²) >= 11 is 0. The van der Waals surface area contributed by atoms with Crippen molar-refractivity contribution < 1.29 is 0 Å². The van der Waals surface area contributed by atoms with Crippen molar-refractivity contribution in [2.45, 2.75) is 18.1 Å². The molecule has 3 aliphatic carbocycles. The molecule has 6 aromatic rings. The maximum absolute atomic E-state index is 2.74. The van der Waals surface area contributed by atoms with Crippen LogP contribution in [0.25, 0.3) is 33.4 Å². The second-order valence-electron chi connectivity index (χ2n) is 12.9. The molecule has 1 saturated heterocycles. The van der Waals surface area contributed by atoms with Crippen LogP contribution < -0.4 is 0 Å². The molecule has 0 atom stereocenters. The Hall–Kier alpha value is -4.80. The van der Waals surface area contributed by atoms with Gasteiger partial charge in [0.2, 0.25) is 0 Å². The van der Waals surface area contributed by atoms with Crippen LogP contribution in [0.1, 0.15) is 51.5 Å². The van der Waals surface area contributed by atoms with E-state index in [4.69, 9.17) is 0 Å². The Balaban J connectivity index is 1.15. The van der Waals surface area contributed by atoms with E-state index in [-0.39, 0.29) is 18.1 Å². The normalized spacial score (nSPS) is 17.9. The monoisotopic (exact) mass is 579 g/mol. The minimum atomic E-state index is 0.196. The lowest BCUT2D eigenvalue weighted by atomic mass is 10.00. The summed E-state index contributed by atoms with van der Waals surface area (Å²) in [7, 11) is 0. The van der Waals surface area contributed by atoms with E-state index < -0.39 is 0 Å². The molecular weight excluding hydrogens is 546 g/mol. The Morgan fingerprint density at radius 3 is 0.644 bits per heavy atom. The molecule has 1 aliphatic heterocycles. The average Bonchev–Trinajstić information content (AvgIpc) is 3.74. The van der Waals surface area contributed by atoms with E-state index in [1.807, 2.05) is 0 Å². The zero-order chi connectivity index (χ0) is 29.5. The molecule has 0 saturated carbocycles. The van der Waals surface area contributed by atoms with Crippen LogP contribution in [0.15, 0.2) is 146 Å². The smallest absolute Gasteiger partial charge is 0.0637 e. The molecule has 3 heteroatoms. The third-order valence-electron chi connectivity index (χ3n) is 10.6. The highest BCUT2D eigenvalue weighted by atomic mass is 15.5. The highest BCUT2D eigenvalue weighted by Gasteiger charge is 2.44. The minimum absolute atomic E-state index is 0.196. The predicted octanol–water partition coefficient (Wildman–Crippen LogP) is 9.09. The van der Waals surface area contributed by atoms with Crippen molar-refractivity contribution in [3.63, 3.8) is 0 Å². The van der Waals surface area contributed by atoms with Crippen molar-refractivity contribution in [3.05, 3.63) is 179 Å². The lowest BCUT2D eigenvalue weighted by molar-refractivity contribution is -0.0686. The van der Waals surface area contributed by atoms with Gasteiger partial charge in [-0.05, 0) is 66.8 Å². The molecule has 1 heterocycles. The lowest BCUT2D eigenvalue weighted by Crippen LogP contribution is -2.57. The van der Waals surface area contributed by atoms with E-state index in [1.165, 1.54) is 66.8 Å². The molecule has 0 N–H and O–H groups in total. The second kappa shape index (κ2) is 9.85. The van der Waals surface area contributed by atoms with Crippen LogP contribution >= 0.6 is 0 Å². The Bertz CT molecular complexity index is 1730. The first-order chi connectivity index (χ1) is 22.3. The summed E-state index contributed by atoms with van der Waals surface area (Å²) in [6.07, 6.45) is 0. The largest absolute Gasteiger partial charge is 0.266 e. The van der Waals surface area contributed by atoms with Crippen LogP contribution in [0.3, 0.4) is 0 Å². The molecule has 0 spiro atoms. The molecule has 0 unspecified atom stereocenters. The quantitative estimate of drug-likeness (QED) is 0.207. The topological polar surface area (TPSA) is 9.72 Å². The Morgan fingerprint density at radius 1 is 0.267 bits per heavy atom. The zero-order valence-electron chi connectivity index (χ0n) is 25.1. The molecule has 45 heavy (non-hydrogen) atoms. The van der Waals surface area contributed by atoms with Gasteiger partial charge in [0.15, 0.2) is 0 Å². The van der Waals surface area contributed by atoms with Gasteiger partial charge in [-0.25, -0.2) is 0 Å². The molecule has 3 nitrogen and oxygen atoms in total. The van der Waals surface area contributed by atoms with E-state index in [0.717, 1.165) is 20.0 Å². The Kier molecular flexibility index (Phi) is 5.59. The molecule has 6 aromatic carbocycles. The fraction of sp³-hybridized carbons (Fsp3) is 0.143. The molecule has 0 aromatic heterocycles. The number of fused-ring (bicyclic) bond motifs is 9. The lowest BCUT2D eigenvalue weighted by Gasteiger charge is -2.49. The van der Waals surface area contributed by atoms with E-state index in [1.54, 1.807) is 0 Å². The molecule has 216 valence electrons. The van der Waals surface area contributed by atoms with E-state index in [2.05, 4.69) is 160 Å². The first kappa shape index (κ1) is 25.5. The van der Waals surface area contributed by atoms with Crippen molar-refractivity contribution in [2.24, 2.45) is 0 Å². The molecular formula is C42H33N3. The van der Waals surface area contributed by atoms with E-state index in [9.17, 15) is 0 Å². The number of nitrogens with zero attached hydrogens (tertiary/aromatic N) is 3. The third-order valence-corrected chi connectivity index (χ3v) is 10.6. The predicted molar refractivity (Wildman–Crippen MR) is 181 cm³/mol. The van der Waals surface area contributed by atoms with Crippen molar-refractivity contribution in [1.82, 2.24) is 14.7 Å². The van der Waals surface area contributed by atoms with Crippen molar-refractivity contribution in [2.75, 3.05) is 20.0 Å². The Morgan fingerprint density at radius 2 is 0.444 bits per heavy atom. The summed E-state index contributed by atoms with van der Waals surface area (Å²) in [6.45, 7) is 2.65. The fourth-order valence-corrected chi connectivity index (χ4v) is 8.89. The number of hydrogen-bond donors (Lipinski definition) is 0. The maximum atomic E-state index is 2.74. The first-order valence-corrected chi connectivity index (χ1v) is 16.1. The van der Waals surface area contributed by atoms with Gasteiger partial charge in [0, 0.05) is 0 Å². The van der Waals surface area contributed by atoms with Gasteiger partial charge >= 0.3 is 0 Å². The third kappa shape index (κ3) is 3.69. The number of rotatable bonds is 3. The number of benzene rings is 6. The second-order valence-corrected chi connectivity index (χ2v) is 12.9. The van der Waals surface area contributed by atoms with Crippen LogP contribution in [-0.2, 0) is 0 Å². The van der Waals surface area contributed by atoms with Gasteiger partial charge in [-0.2, -0.15) is 0 Å². The molecule has 0 radical (unpaired) electrons. The molecule has 0 amide bonds. The molecule has 0 bridgehead atoms. The van der Waals surface area contributed by atoms with Gasteiger partial charge in [0.25, 0.3) is 0 Å². The van der Waals surface area contributed by atoms with E-state index in [0.29, 0.717) is 0 Å². The zero-order valence-corrected chi connectivity index (χ0v) is 25.1. The highest BCUT2D eigenvalue weighted by molar-refractivity contribution is 5.80. The summed E-state index contributed by atoms with van der Waals surface area (Å²) in [5, 5.41) is 0. The summed E-state index contributed by atoms with van der Waals surface area (Å²) in [5.41, 5.74) is 16.7. The van der Waals surface area contributed by atoms with Crippen LogP contribution in [0.5, 0.6) is 0 Å². The van der Waals surface area contributed by atoms with Crippen molar-refractivity contribution >= 4 is 0 Å². The molecule has 4 aliphatic rings. The molecule has 10 rings (SSSR count). The van der Waals surface area contributed by atoms with Gasteiger partial charge in [-0.3, -0.25) is 14.7 Å². The highest BCUT2D eigenvalue weighted by Crippen LogP contribution is 2.52. The fourth-order valence-electron chi connectivity index (χ4n) is 8.89. The standard InChI is InChI=1S/C42H33N3/c1-7-19-34-28(13-1)29-14-2-8-20-35(29)40(34)43-25-44(41-36-21-9-3-15-30(36)31-16-4-10-22-37(31)41)27-45(26-43)42-38-23-11-5-17-32(38)33-18-6-12-24-39(33)42/h1-24,40-42H,25-27H2. The molecule has 1 fully saturated rings. The summed E-state index contributed by atoms with van der Waals surface area (Å²) in [6, 6.07) is 54.9.